The van der Waals surface area contributed by atoms with Gasteiger partial charge in [-0.15, -0.1) is 0 Å². The van der Waals surface area contributed by atoms with Crippen LogP contribution in [0.3, 0.4) is 0 Å². The molecule has 0 aliphatic carbocycles. The standard InChI is InChI=1S/C23H28N4O2/c1-16-5-3-7-19(26-16)15-27-8-4-6-17(14-27)9-21(28)11-20-10-18-12-25-23(29-2)22(18)13-24-20/h3,5,7,10,13,17H,4,6,8-9,11-12,14-15H2,1-2H3/t17-/m0/s1. The Labute approximate surface area is 172 Å². The van der Waals surface area contributed by atoms with Crippen LogP contribution in [0, 0.1) is 12.8 Å². The molecule has 29 heavy (non-hydrogen) atoms. The fourth-order valence-corrected chi connectivity index (χ4v) is 4.36. The molecule has 1 atom stereocenters. The van der Waals surface area contributed by atoms with E-state index in [-0.39, 0.29) is 5.78 Å². The van der Waals surface area contributed by atoms with Gasteiger partial charge in [0.15, 0.2) is 0 Å². The predicted molar refractivity (Wildman–Crippen MR) is 112 cm³/mol. The van der Waals surface area contributed by atoms with E-state index < -0.39 is 0 Å². The van der Waals surface area contributed by atoms with E-state index in [0.29, 0.717) is 31.2 Å². The molecule has 2 aliphatic heterocycles. The van der Waals surface area contributed by atoms with Crippen molar-refractivity contribution in [3.8, 4) is 0 Å². The number of aliphatic imine (C=N–C) groups is 1. The minimum atomic E-state index is 0.267. The molecular formula is C23H28N4O2. The Hall–Kier alpha value is -2.60. The first-order valence-corrected chi connectivity index (χ1v) is 10.3. The molecule has 0 bridgehead atoms. The van der Waals surface area contributed by atoms with Gasteiger partial charge in [-0.1, -0.05) is 6.07 Å². The summed E-state index contributed by atoms with van der Waals surface area (Å²) in [6.45, 7) is 5.53. The SMILES string of the molecule is COC1=NCc2cc(CC(=O)C[C@@H]3CCCN(Cc4cccc(C)n4)C3)ncc21. The van der Waals surface area contributed by atoms with Crippen molar-refractivity contribution in [3.05, 3.63) is 58.7 Å². The number of hydrogen-bond acceptors (Lipinski definition) is 6. The van der Waals surface area contributed by atoms with E-state index in [4.69, 9.17) is 4.74 Å². The number of hydrogen-bond donors (Lipinski definition) is 0. The van der Waals surface area contributed by atoms with Crippen LogP contribution in [-0.4, -0.2) is 46.7 Å². The molecule has 1 fully saturated rings. The number of pyridine rings is 2. The zero-order valence-corrected chi connectivity index (χ0v) is 17.2. The second-order valence-corrected chi connectivity index (χ2v) is 8.09. The van der Waals surface area contributed by atoms with Gasteiger partial charge in [0.25, 0.3) is 0 Å². The van der Waals surface area contributed by atoms with Crippen molar-refractivity contribution in [1.29, 1.82) is 0 Å². The van der Waals surface area contributed by atoms with Crippen LogP contribution < -0.4 is 0 Å². The highest BCUT2D eigenvalue weighted by Gasteiger charge is 2.23. The fraction of sp³-hybridized carbons (Fsp3) is 0.478. The number of ketones is 1. The normalized spacial score (nSPS) is 19.0. The highest BCUT2D eigenvalue weighted by atomic mass is 16.5. The molecule has 2 aliphatic rings. The summed E-state index contributed by atoms with van der Waals surface area (Å²) in [4.78, 5) is 28.5. The van der Waals surface area contributed by atoms with Crippen molar-refractivity contribution in [2.75, 3.05) is 20.2 Å². The lowest BCUT2D eigenvalue weighted by atomic mass is 9.91. The summed E-state index contributed by atoms with van der Waals surface area (Å²) in [5.74, 6) is 1.32. The molecule has 0 spiro atoms. The number of nitrogens with zero attached hydrogens (tertiary/aromatic N) is 4. The Morgan fingerprint density at radius 1 is 1.31 bits per heavy atom. The first kappa shape index (κ1) is 19.7. The van der Waals surface area contributed by atoms with Crippen molar-refractivity contribution in [2.24, 2.45) is 10.9 Å². The number of carbonyl (C=O) groups is 1. The Bertz CT molecular complexity index is 925. The molecule has 0 amide bonds. The van der Waals surface area contributed by atoms with Gasteiger partial charge in [0, 0.05) is 43.5 Å². The highest BCUT2D eigenvalue weighted by Crippen LogP contribution is 2.23. The van der Waals surface area contributed by atoms with E-state index in [1.54, 1.807) is 13.3 Å². The van der Waals surface area contributed by atoms with Gasteiger partial charge >= 0.3 is 0 Å². The van der Waals surface area contributed by atoms with Crippen LogP contribution in [0.2, 0.25) is 0 Å². The minimum absolute atomic E-state index is 0.267. The number of fused-ring (bicyclic) bond motifs is 1. The maximum Gasteiger partial charge on any atom is 0.218 e. The Morgan fingerprint density at radius 2 is 2.21 bits per heavy atom. The molecule has 152 valence electrons. The summed E-state index contributed by atoms with van der Waals surface area (Å²) in [5, 5.41) is 0. The maximum absolute atomic E-state index is 12.7. The van der Waals surface area contributed by atoms with Crippen LogP contribution in [-0.2, 0) is 29.0 Å². The number of methoxy groups -OCH3 is 1. The predicted octanol–water partition coefficient (Wildman–Crippen LogP) is 3.11. The lowest BCUT2D eigenvalue weighted by Gasteiger charge is -2.32. The van der Waals surface area contributed by atoms with Gasteiger partial charge in [0.2, 0.25) is 5.90 Å². The van der Waals surface area contributed by atoms with Crippen LogP contribution >= 0.6 is 0 Å². The molecule has 2 aromatic heterocycles. The number of rotatable bonds is 6. The largest absolute Gasteiger partial charge is 0.481 e. The number of aryl methyl sites for hydroxylation is 1. The molecule has 4 heterocycles. The zero-order chi connectivity index (χ0) is 20.2. The first-order valence-electron chi connectivity index (χ1n) is 10.3. The second kappa shape index (κ2) is 8.82. The summed E-state index contributed by atoms with van der Waals surface area (Å²) in [6.07, 6.45) is 5.05. The molecule has 6 nitrogen and oxygen atoms in total. The maximum atomic E-state index is 12.7. The molecule has 0 N–H and O–H groups in total. The quantitative estimate of drug-likeness (QED) is 0.756. The molecule has 2 aromatic rings. The van der Waals surface area contributed by atoms with Crippen LogP contribution in [0.4, 0.5) is 0 Å². The number of Topliss-reactive ketones (excluding diaryl/α,β-unsaturated/α-hetero) is 1. The topological polar surface area (TPSA) is 67.7 Å². The monoisotopic (exact) mass is 392 g/mol. The number of likely N-dealkylation sites (tertiary alicyclic amines) is 1. The summed E-state index contributed by atoms with van der Waals surface area (Å²) < 4.78 is 5.25. The van der Waals surface area contributed by atoms with Gasteiger partial charge in [0.05, 0.1) is 24.9 Å². The Kier molecular flexibility index (Phi) is 6.00. The second-order valence-electron chi connectivity index (χ2n) is 8.09. The highest BCUT2D eigenvalue weighted by molar-refractivity contribution is 5.97. The lowest BCUT2D eigenvalue weighted by molar-refractivity contribution is -0.119. The van der Waals surface area contributed by atoms with Crippen molar-refractivity contribution in [3.63, 3.8) is 0 Å². The van der Waals surface area contributed by atoms with E-state index in [1.807, 2.05) is 19.1 Å². The van der Waals surface area contributed by atoms with Crippen molar-refractivity contribution >= 4 is 11.7 Å². The van der Waals surface area contributed by atoms with Gasteiger partial charge in [-0.05, 0) is 56.0 Å². The smallest absolute Gasteiger partial charge is 0.218 e. The summed E-state index contributed by atoms with van der Waals surface area (Å²) in [5.41, 5.74) is 5.02. The van der Waals surface area contributed by atoms with E-state index >= 15 is 0 Å². The van der Waals surface area contributed by atoms with E-state index in [2.05, 4.69) is 32.0 Å². The van der Waals surface area contributed by atoms with Crippen molar-refractivity contribution in [2.45, 2.75) is 45.7 Å². The zero-order valence-electron chi connectivity index (χ0n) is 17.2. The van der Waals surface area contributed by atoms with Gasteiger partial charge in [0.1, 0.15) is 5.78 Å². The van der Waals surface area contributed by atoms with Crippen LogP contribution in [0.25, 0.3) is 0 Å². The summed E-state index contributed by atoms with van der Waals surface area (Å²) >= 11 is 0. The Balaban J connectivity index is 1.30. The van der Waals surface area contributed by atoms with Gasteiger partial charge in [-0.3, -0.25) is 19.7 Å². The molecule has 4 rings (SSSR count). The third-order valence-corrected chi connectivity index (χ3v) is 5.69. The molecule has 1 saturated heterocycles. The third kappa shape index (κ3) is 4.88. The van der Waals surface area contributed by atoms with Gasteiger partial charge in [-0.25, -0.2) is 4.99 Å². The molecule has 0 saturated carbocycles. The van der Waals surface area contributed by atoms with E-state index in [1.165, 1.54) is 0 Å². The van der Waals surface area contributed by atoms with Gasteiger partial charge in [-0.2, -0.15) is 0 Å². The Morgan fingerprint density at radius 3 is 3.03 bits per heavy atom. The lowest BCUT2D eigenvalue weighted by Crippen LogP contribution is -2.36. The minimum Gasteiger partial charge on any atom is -0.481 e. The molecule has 6 heteroatoms. The average molecular weight is 393 g/mol. The molecule has 0 radical (unpaired) electrons. The number of piperidine rings is 1. The van der Waals surface area contributed by atoms with E-state index in [0.717, 1.165) is 60.7 Å². The number of aromatic nitrogens is 2. The van der Waals surface area contributed by atoms with E-state index in [9.17, 15) is 4.79 Å². The van der Waals surface area contributed by atoms with Crippen molar-refractivity contribution in [1.82, 2.24) is 14.9 Å². The summed E-state index contributed by atoms with van der Waals surface area (Å²) in [6, 6.07) is 8.17. The summed E-state index contributed by atoms with van der Waals surface area (Å²) in [7, 11) is 1.62. The third-order valence-electron chi connectivity index (χ3n) is 5.69. The number of carbonyl (C=O) groups excluding carboxylic acids is 1. The molecular weight excluding hydrogens is 364 g/mol. The van der Waals surface area contributed by atoms with Crippen LogP contribution in [0.1, 0.15) is 47.5 Å². The van der Waals surface area contributed by atoms with Gasteiger partial charge < -0.3 is 4.74 Å². The fourth-order valence-electron chi connectivity index (χ4n) is 4.36. The van der Waals surface area contributed by atoms with Crippen LogP contribution in [0.15, 0.2) is 35.5 Å². The average Bonchev–Trinajstić information content (AvgIpc) is 3.10. The van der Waals surface area contributed by atoms with Crippen LogP contribution in [0.5, 0.6) is 0 Å². The molecule has 0 aromatic carbocycles. The first-order chi connectivity index (χ1) is 14.1. The van der Waals surface area contributed by atoms with Crippen molar-refractivity contribution < 1.29 is 9.53 Å². The molecule has 0 unspecified atom stereocenters. The number of ether oxygens (including phenoxy) is 1.